The molecule has 0 saturated carbocycles. The summed E-state index contributed by atoms with van der Waals surface area (Å²) >= 11 is 1.31. The van der Waals surface area contributed by atoms with Crippen LogP contribution in [0.2, 0.25) is 0 Å². The van der Waals surface area contributed by atoms with Crippen molar-refractivity contribution in [2.24, 2.45) is 0 Å². The molecule has 2 aromatic carbocycles. The summed E-state index contributed by atoms with van der Waals surface area (Å²) in [5.41, 5.74) is 2.37. The number of sulfone groups is 1. The number of thiophene rings is 1. The van der Waals surface area contributed by atoms with E-state index in [1.54, 1.807) is 56.4 Å². The van der Waals surface area contributed by atoms with Gasteiger partial charge in [-0.15, -0.1) is 11.3 Å². The van der Waals surface area contributed by atoms with Crippen molar-refractivity contribution in [1.29, 1.82) is 0 Å². The van der Waals surface area contributed by atoms with Gasteiger partial charge in [0.05, 0.1) is 15.5 Å². The molecule has 0 unspecified atom stereocenters. The number of halogens is 1. The normalized spacial score (nSPS) is 11.4. The summed E-state index contributed by atoms with van der Waals surface area (Å²) in [7, 11) is -1.72. The molecule has 4 nitrogen and oxygen atoms in total. The molecule has 3 aromatic rings. The van der Waals surface area contributed by atoms with Gasteiger partial charge in [0.15, 0.2) is 9.84 Å². The van der Waals surface area contributed by atoms with Gasteiger partial charge in [0.2, 0.25) is 0 Å². The molecule has 0 fully saturated rings. The molecule has 1 aromatic heterocycles. The zero-order valence-electron chi connectivity index (χ0n) is 14.8. The Hall–Kier alpha value is -2.51. The van der Waals surface area contributed by atoms with Crippen LogP contribution in [0.5, 0.6) is 0 Å². The van der Waals surface area contributed by atoms with Crippen molar-refractivity contribution in [3.63, 3.8) is 0 Å². The highest BCUT2D eigenvalue weighted by molar-refractivity contribution is 7.91. The molecule has 1 amide bonds. The van der Waals surface area contributed by atoms with Crippen molar-refractivity contribution >= 4 is 27.1 Å². The summed E-state index contributed by atoms with van der Waals surface area (Å²) < 4.78 is 37.3. The van der Waals surface area contributed by atoms with Crippen molar-refractivity contribution in [3.8, 4) is 21.6 Å². The Morgan fingerprint density at radius 2 is 1.63 bits per heavy atom. The summed E-state index contributed by atoms with van der Waals surface area (Å²) in [6.07, 6.45) is 0. The van der Waals surface area contributed by atoms with Crippen LogP contribution in [-0.4, -0.2) is 27.1 Å². The van der Waals surface area contributed by atoms with Crippen LogP contribution in [0.3, 0.4) is 0 Å². The zero-order valence-corrected chi connectivity index (χ0v) is 16.5. The Bertz CT molecular complexity index is 1070. The number of nitrogens with one attached hydrogen (secondary N) is 1. The van der Waals surface area contributed by atoms with Crippen LogP contribution in [0.4, 0.5) is 4.39 Å². The molecular formula is C20H18FNO3S2. The van der Waals surface area contributed by atoms with E-state index in [1.165, 1.54) is 23.5 Å². The number of hydrogen-bond acceptors (Lipinski definition) is 4. The minimum atomic E-state index is -3.28. The quantitative estimate of drug-likeness (QED) is 0.688. The van der Waals surface area contributed by atoms with Gasteiger partial charge in [-0.05, 0) is 41.5 Å². The van der Waals surface area contributed by atoms with Crippen LogP contribution >= 0.6 is 11.3 Å². The van der Waals surface area contributed by atoms with E-state index in [9.17, 15) is 17.6 Å². The van der Waals surface area contributed by atoms with Gasteiger partial charge in [-0.2, -0.15) is 0 Å². The van der Waals surface area contributed by atoms with Gasteiger partial charge >= 0.3 is 0 Å². The van der Waals surface area contributed by atoms with Crippen molar-refractivity contribution in [1.82, 2.24) is 5.32 Å². The fraction of sp³-hybridized carbons (Fsp3) is 0.150. The van der Waals surface area contributed by atoms with E-state index < -0.39 is 9.84 Å². The first-order valence-corrected chi connectivity index (χ1v) is 10.8. The maximum atomic E-state index is 13.3. The van der Waals surface area contributed by atoms with Crippen LogP contribution in [0.1, 0.15) is 16.6 Å². The molecule has 1 N–H and O–H groups in total. The third-order valence-corrected chi connectivity index (χ3v) is 7.13. The van der Waals surface area contributed by atoms with Gasteiger partial charge in [0, 0.05) is 17.5 Å². The fourth-order valence-corrected chi connectivity index (χ4v) is 4.68. The van der Waals surface area contributed by atoms with Crippen LogP contribution in [-0.2, 0) is 9.84 Å². The average Bonchev–Trinajstić information content (AvgIpc) is 3.13. The van der Waals surface area contributed by atoms with Gasteiger partial charge < -0.3 is 5.32 Å². The number of carbonyl (C=O) groups excluding carboxylic acids is 1. The van der Waals surface area contributed by atoms with Crippen LogP contribution < -0.4 is 5.32 Å². The van der Waals surface area contributed by atoms with E-state index in [0.29, 0.717) is 4.88 Å². The third-order valence-electron chi connectivity index (χ3n) is 4.19. The maximum absolute atomic E-state index is 13.3. The predicted molar refractivity (Wildman–Crippen MR) is 106 cm³/mol. The first-order chi connectivity index (χ1) is 12.9. The monoisotopic (exact) mass is 403 g/mol. The molecule has 7 heteroatoms. The van der Waals surface area contributed by atoms with E-state index in [4.69, 9.17) is 0 Å². The van der Waals surface area contributed by atoms with E-state index in [1.807, 2.05) is 0 Å². The second kappa shape index (κ2) is 7.62. The summed E-state index contributed by atoms with van der Waals surface area (Å²) in [5, 5.41) is 2.60. The summed E-state index contributed by atoms with van der Waals surface area (Å²) in [6.45, 7) is 1.60. The Kier molecular flexibility index (Phi) is 5.43. The molecule has 140 valence electrons. The molecule has 0 aliphatic carbocycles. The van der Waals surface area contributed by atoms with Gasteiger partial charge in [-0.1, -0.05) is 31.2 Å². The second-order valence-corrected chi connectivity index (χ2v) is 9.20. The standard InChI is InChI=1S/C20H18FNO3S2/c1-3-27(24,25)16-10-6-13(7-11-16)17-12-18(20(23)22-2)26-19(17)14-4-8-15(21)9-5-14/h4-12H,3H2,1-2H3,(H,22,23). The van der Waals surface area contributed by atoms with Crippen molar-refractivity contribution < 1.29 is 17.6 Å². The highest BCUT2D eigenvalue weighted by Crippen LogP contribution is 2.39. The summed E-state index contributed by atoms with van der Waals surface area (Å²) in [5.74, 6) is -0.510. The smallest absolute Gasteiger partial charge is 0.261 e. The van der Waals surface area contributed by atoms with E-state index >= 15 is 0 Å². The first kappa shape index (κ1) is 19.3. The van der Waals surface area contributed by atoms with Crippen LogP contribution in [0.25, 0.3) is 21.6 Å². The Morgan fingerprint density at radius 3 is 2.19 bits per heavy atom. The summed E-state index contributed by atoms with van der Waals surface area (Å²) in [6, 6.07) is 14.4. The molecule has 1 heterocycles. The molecule has 0 atom stereocenters. The molecule has 0 aliphatic heterocycles. The Morgan fingerprint density at radius 1 is 1.04 bits per heavy atom. The van der Waals surface area contributed by atoms with Crippen LogP contribution in [0, 0.1) is 5.82 Å². The number of carbonyl (C=O) groups is 1. The largest absolute Gasteiger partial charge is 0.354 e. The van der Waals surface area contributed by atoms with Crippen molar-refractivity contribution in [2.75, 3.05) is 12.8 Å². The lowest BCUT2D eigenvalue weighted by molar-refractivity contribution is 0.0967. The predicted octanol–water partition coefficient (Wildman–Crippen LogP) is 4.37. The third kappa shape index (κ3) is 3.94. The lowest BCUT2D eigenvalue weighted by atomic mass is 10.0. The van der Waals surface area contributed by atoms with Crippen molar-refractivity contribution in [3.05, 3.63) is 65.3 Å². The minimum Gasteiger partial charge on any atom is -0.354 e. The minimum absolute atomic E-state index is 0.0342. The number of rotatable bonds is 5. The Balaban J connectivity index is 2.12. The first-order valence-electron chi connectivity index (χ1n) is 8.30. The highest BCUT2D eigenvalue weighted by Gasteiger charge is 2.18. The SMILES string of the molecule is CCS(=O)(=O)c1ccc(-c2cc(C(=O)NC)sc2-c2ccc(F)cc2)cc1. The number of hydrogen-bond donors (Lipinski definition) is 1. The zero-order chi connectivity index (χ0) is 19.6. The van der Waals surface area contributed by atoms with Gasteiger partial charge in [-0.25, -0.2) is 12.8 Å². The second-order valence-electron chi connectivity index (χ2n) is 5.87. The molecule has 0 spiro atoms. The van der Waals surface area contributed by atoms with Crippen LogP contribution in [0.15, 0.2) is 59.5 Å². The molecule has 0 bridgehead atoms. The average molecular weight is 404 g/mol. The highest BCUT2D eigenvalue weighted by atomic mass is 32.2. The van der Waals surface area contributed by atoms with Gasteiger partial charge in [0.1, 0.15) is 5.82 Å². The lowest BCUT2D eigenvalue weighted by Crippen LogP contribution is -2.16. The van der Waals surface area contributed by atoms with Gasteiger partial charge in [-0.3, -0.25) is 4.79 Å². The molecule has 27 heavy (non-hydrogen) atoms. The molecule has 3 rings (SSSR count). The number of benzene rings is 2. The van der Waals surface area contributed by atoms with Crippen molar-refractivity contribution in [2.45, 2.75) is 11.8 Å². The molecule has 0 saturated heterocycles. The molecular weight excluding hydrogens is 385 g/mol. The summed E-state index contributed by atoms with van der Waals surface area (Å²) in [4.78, 5) is 13.7. The lowest BCUT2D eigenvalue weighted by Gasteiger charge is -2.06. The molecule has 0 radical (unpaired) electrons. The maximum Gasteiger partial charge on any atom is 0.261 e. The topological polar surface area (TPSA) is 63.2 Å². The Labute approximate surface area is 161 Å². The van der Waals surface area contributed by atoms with E-state index in [-0.39, 0.29) is 22.4 Å². The van der Waals surface area contributed by atoms with E-state index in [0.717, 1.165) is 21.6 Å². The molecule has 0 aliphatic rings. The number of amides is 1. The van der Waals surface area contributed by atoms with E-state index in [2.05, 4.69) is 5.32 Å². The van der Waals surface area contributed by atoms with Gasteiger partial charge in [0.25, 0.3) is 5.91 Å². The fourth-order valence-electron chi connectivity index (χ4n) is 2.66.